The summed E-state index contributed by atoms with van der Waals surface area (Å²) in [5.74, 6) is -1.55. The van der Waals surface area contributed by atoms with Gasteiger partial charge in [0, 0.05) is 25.2 Å². The van der Waals surface area contributed by atoms with E-state index in [1.54, 1.807) is 6.07 Å². The maximum absolute atomic E-state index is 13.2. The van der Waals surface area contributed by atoms with Crippen molar-refractivity contribution in [2.75, 3.05) is 19.6 Å². The quantitative estimate of drug-likeness (QED) is 0.869. The van der Waals surface area contributed by atoms with Crippen molar-refractivity contribution >= 4 is 0 Å². The van der Waals surface area contributed by atoms with Crippen molar-refractivity contribution < 1.29 is 8.78 Å². The Balaban J connectivity index is 2.16. The summed E-state index contributed by atoms with van der Waals surface area (Å²) in [5, 5.41) is 3.23. The van der Waals surface area contributed by atoms with Gasteiger partial charge in [0.2, 0.25) is 0 Å². The smallest absolute Gasteiger partial charge is 0.159 e. The molecule has 0 spiro atoms. The Morgan fingerprint density at radius 3 is 2.53 bits per heavy atom. The van der Waals surface area contributed by atoms with E-state index in [0.717, 1.165) is 25.2 Å². The Bertz CT molecular complexity index is 391. The first kappa shape index (κ1) is 12.5. The topological polar surface area (TPSA) is 15.3 Å². The first-order valence-electron chi connectivity index (χ1n) is 6.05. The van der Waals surface area contributed by atoms with E-state index < -0.39 is 11.6 Å². The van der Waals surface area contributed by atoms with Crippen molar-refractivity contribution in [3.8, 4) is 0 Å². The molecule has 0 aliphatic carbocycles. The standard InChI is InChI=1S/C13H18F2N2/c1-3-17(11-7-16-8-11)9(2)10-4-5-12(14)13(15)6-10/h4-6,9,11,16H,3,7-8H2,1-2H3. The second kappa shape index (κ2) is 5.10. The van der Waals surface area contributed by atoms with Crippen LogP contribution in [0, 0.1) is 11.6 Å². The molecule has 2 rings (SSSR count). The van der Waals surface area contributed by atoms with Gasteiger partial charge in [-0.05, 0) is 31.2 Å². The van der Waals surface area contributed by atoms with Gasteiger partial charge in [0.05, 0.1) is 0 Å². The predicted molar refractivity (Wildman–Crippen MR) is 63.8 cm³/mol. The fraction of sp³-hybridized carbons (Fsp3) is 0.538. The predicted octanol–water partition coefficient (Wildman–Crippen LogP) is 2.32. The van der Waals surface area contributed by atoms with Gasteiger partial charge in [0.15, 0.2) is 11.6 Å². The molecule has 0 aromatic heterocycles. The zero-order valence-corrected chi connectivity index (χ0v) is 10.2. The van der Waals surface area contributed by atoms with Crippen LogP contribution in [0.2, 0.25) is 0 Å². The molecule has 1 atom stereocenters. The lowest BCUT2D eigenvalue weighted by Gasteiger charge is -2.41. The van der Waals surface area contributed by atoms with Crippen LogP contribution in [-0.4, -0.2) is 30.6 Å². The Hall–Kier alpha value is -1.00. The van der Waals surface area contributed by atoms with Crippen LogP contribution in [0.25, 0.3) is 0 Å². The first-order chi connectivity index (χ1) is 8.13. The fourth-order valence-corrected chi connectivity index (χ4v) is 2.32. The van der Waals surface area contributed by atoms with Gasteiger partial charge >= 0.3 is 0 Å². The van der Waals surface area contributed by atoms with Gasteiger partial charge in [-0.2, -0.15) is 0 Å². The molecule has 1 aromatic carbocycles. The van der Waals surface area contributed by atoms with Gasteiger partial charge in [0.1, 0.15) is 0 Å². The molecule has 0 amide bonds. The molecule has 1 aliphatic rings. The molecule has 1 saturated heterocycles. The van der Waals surface area contributed by atoms with Crippen molar-refractivity contribution in [3.05, 3.63) is 35.4 Å². The normalized spacial score (nSPS) is 18.2. The van der Waals surface area contributed by atoms with E-state index in [4.69, 9.17) is 0 Å². The number of likely N-dealkylation sites (N-methyl/N-ethyl adjacent to an activating group) is 1. The summed E-state index contributed by atoms with van der Waals surface area (Å²) < 4.78 is 26.1. The Morgan fingerprint density at radius 2 is 2.06 bits per heavy atom. The Morgan fingerprint density at radius 1 is 1.35 bits per heavy atom. The molecule has 0 bridgehead atoms. The van der Waals surface area contributed by atoms with E-state index in [2.05, 4.69) is 17.1 Å². The van der Waals surface area contributed by atoms with Gasteiger partial charge in [-0.1, -0.05) is 13.0 Å². The van der Waals surface area contributed by atoms with Gasteiger partial charge in [0.25, 0.3) is 0 Å². The van der Waals surface area contributed by atoms with Crippen molar-refractivity contribution in [3.63, 3.8) is 0 Å². The third kappa shape index (κ3) is 2.48. The minimum atomic E-state index is -0.783. The van der Waals surface area contributed by atoms with Crippen LogP contribution >= 0.6 is 0 Å². The summed E-state index contributed by atoms with van der Waals surface area (Å²) in [7, 11) is 0. The second-order valence-corrected chi connectivity index (χ2v) is 4.49. The highest BCUT2D eigenvalue weighted by Crippen LogP contribution is 2.24. The molecule has 2 nitrogen and oxygen atoms in total. The van der Waals surface area contributed by atoms with Crippen LogP contribution < -0.4 is 5.32 Å². The monoisotopic (exact) mass is 240 g/mol. The fourth-order valence-electron chi connectivity index (χ4n) is 2.32. The molecule has 1 N–H and O–H groups in total. The van der Waals surface area contributed by atoms with Crippen LogP contribution in [0.4, 0.5) is 8.78 Å². The van der Waals surface area contributed by atoms with Crippen molar-refractivity contribution in [2.45, 2.75) is 25.9 Å². The average molecular weight is 240 g/mol. The summed E-state index contributed by atoms with van der Waals surface area (Å²) in [6, 6.07) is 4.78. The van der Waals surface area contributed by atoms with Crippen LogP contribution in [0.5, 0.6) is 0 Å². The van der Waals surface area contributed by atoms with Crippen molar-refractivity contribution in [1.29, 1.82) is 0 Å². The lowest BCUT2D eigenvalue weighted by Crippen LogP contribution is -2.57. The average Bonchev–Trinajstić information content (AvgIpc) is 2.26. The van der Waals surface area contributed by atoms with Gasteiger partial charge in [-0.25, -0.2) is 8.78 Å². The first-order valence-corrected chi connectivity index (χ1v) is 6.05. The maximum Gasteiger partial charge on any atom is 0.159 e. The summed E-state index contributed by atoms with van der Waals surface area (Å²) in [4.78, 5) is 2.31. The molecular formula is C13H18F2N2. The lowest BCUT2D eigenvalue weighted by atomic mass is 10.0. The summed E-state index contributed by atoms with van der Waals surface area (Å²) in [6.45, 7) is 6.99. The molecular weight excluding hydrogens is 222 g/mol. The Kier molecular flexibility index (Phi) is 3.74. The third-order valence-electron chi connectivity index (χ3n) is 3.52. The highest BCUT2D eigenvalue weighted by Gasteiger charge is 2.27. The molecule has 1 aliphatic heterocycles. The molecule has 1 unspecified atom stereocenters. The van der Waals surface area contributed by atoms with Gasteiger partial charge < -0.3 is 5.32 Å². The molecule has 17 heavy (non-hydrogen) atoms. The van der Waals surface area contributed by atoms with E-state index in [0.29, 0.717) is 6.04 Å². The second-order valence-electron chi connectivity index (χ2n) is 4.49. The maximum atomic E-state index is 13.2. The van der Waals surface area contributed by atoms with Crippen LogP contribution in [0.3, 0.4) is 0 Å². The number of hydrogen-bond donors (Lipinski definition) is 1. The van der Waals surface area contributed by atoms with E-state index in [1.165, 1.54) is 12.1 Å². The van der Waals surface area contributed by atoms with Gasteiger partial charge in [-0.3, -0.25) is 4.90 Å². The largest absolute Gasteiger partial charge is 0.314 e. The van der Waals surface area contributed by atoms with E-state index in [1.807, 2.05) is 6.92 Å². The van der Waals surface area contributed by atoms with E-state index in [-0.39, 0.29) is 6.04 Å². The van der Waals surface area contributed by atoms with Crippen molar-refractivity contribution in [2.24, 2.45) is 0 Å². The molecule has 94 valence electrons. The lowest BCUT2D eigenvalue weighted by molar-refractivity contribution is 0.109. The minimum Gasteiger partial charge on any atom is -0.314 e. The van der Waals surface area contributed by atoms with Crippen LogP contribution in [-0.2, 0) is 0 Å². The van der Waals surface area contributed by atoms with E-state index >= 15 is 0 Å². The zero-order valence-electron chi connectivity index (χ0n) is 10.2. The third-order valence-corrected chi connectivity index (χ3v) is 3.52. The number of nitrogens with zero attached hydrogens (tertiary/aromatic N) is 1. The SMILES string of the molecule is CCN(C1CNC1)C(C)c1ccc(F)c(F)c1. The van der Waals surface area contributed by atoms with E-state index in [9.17, 15) is 8.78 Å². The number of halogens is 2. The number of rotatable bonds is 4. The number of hydrogen-bond acceptors (Lipinski definition) is 2. The molecule has 1 heterocycles. The Labute approximate surface area is 101 Å². The van der Waals surface area contributed by atoms with Gasteiger partial charge in [-0.15, -0.1) is 0 Å². The van der Waals surface area contributed by atoms with Crippen LogP contribution in [0.1, 0.15) is 25.5 Å². The summed E-state index contributed by atoms with van der Waals surface area (Å²) >= 11 is 0. The summed E-state index contributed by atoms with van der Waals surface area (Å²) in [5.41, 5.74) is 0.831. The minimum absolute atomic E-state index is 0.113. The van der Waals surface area contributed by atoms with Crippen molar-refractivity contribution in [1.82, 2.24) is 10.2 Å². The molecule has 4 heteroatoms. The number of benzene rings is 1. The molecule has 1 fully saturated rings. The number of nitrogens with one attached hydrogen (secondary N) is 1. The van der Waals surface area contributed by atoms with Crippen LogP contribution in [0.15, 0.2) is 18.2 Å². The highest BCUT2D eigenvalue weighted by atomic mass is 19.2. The molecule has 0 saturated carbocycles. The molecule has 1 aromatic rings. The summed E-state index contributed by atoms with van der Waals surface area (Å²) in [6.07, 6.45) is 0. The molecule has 0 radical (unpaired) electrons. The zero-order chi connectivity index (χ0) is 12.4. The highest BCUT2D eigenvalue weighted by molar-refractivity contribution is 5.21.